The Morgan fingerprint density at radius 3 is 2.18 bits per heavy atom. The Balaban J connectivity index is 3.14. The number of rotatable bonds is 10. The summed E-state index contributed by atoms with van der Waals surface area (Å²) in [6.07, 6.45) is 16.4. The van der Waals surface area contributed by atoms with Crippen LogP contribution < -0.4 is 0 Å². The SMILES string of the molecule is C/C=C/C=C/CCCCCCCO[Si](C)(C)C. The van der Waals surface area contributed by atoms with Crippen molar-refractivity contribution in [3.05, 3.63) is 24.3 Å². The summed E-state index contributed by atoms with van der Waals surface area (Å²) in [7, 11) is -1.27. The molecular formula is C15H30OSi. The second kappa shape index (κ2) is 10.8. The summed E-state index contributed by atoms with van der Waals surface area (Å²) in [6.45, 7) is 9.78. The van der Waals surface area contributed by atoms with Crippen LogP contribution in [0.15, 0.2) is 24.3 Å². The summed E-state index contributed by atoms with van der Waals surface area (Å²) in [5.74, 6) is 0. The van der Waals surface area contributed by atoms with Crippen LogP contribution >= 0.6 is 0 Å². The van der Waals surface area contributed by atoms with Crippen LogP contribution in [0.1, 0.15) is 45.4 Å². The molecule has 17 heavy (non-hydrogen) atoms. The molecule has 0 amide bonds. The normalized spacial score (nSPS) is 12.9. The van der Waals surface area contributed by atoms with Gasteiger partial charge in [-0.15, -0.1) is 0 Å². The summed E-state index contributed by atoms with van der Waals surface area (Å²) in [5, 5.41) is 0. The van der Waals surface area contributed by atoms with Crippen LogP contribution in [0.3, 0.4) is 0 Å². The Bertz CT molecular complexity index is 213. The van der Waals surface area contributed by atoms with E-state index in [0.29, 0.717) is 0 Å². The van der Waals surface area contributed by atoms with E-state index < -0.39 is 8.32 Å². The smallest absolute Gasteiger partial charge is 0.183 e. The fraction of sp³-hybridized carbons (Fsp3) is 0.733. The lowest BCUT2D eigenvalue weighted by atomic mass is 10.1. The molecule has 0 fully saturated rings. The van der Waals surface area contributed by atoms with Gasteiger partial charge in [-0.3, -0.25) is 0 Å². The average molecular weight is 254 g/mol. The van der Waals surface area contributed by atoms with E-state index in [2.05, 4.69) is 43.9 Å². The molecule has 0 aliphatic carbocycles. The van der Waals surface area contributed by atoms with Gasteiger partial charge in [0.25, 0.3) is 0 Å². The molecule has 0 unspecified atom stereocenters. The van der Waals surface area contributed by atoms with Gasteiger partial charge in [-0.25, -0.2) is 0 Å². The molecule has 0 rings (SSSR count). The van der Waals surface area contributed by atoms with Crippen molar-refractivity contribution >= 4 is 8.32 Å². The summed E-state index contributed by atoms with van der Waals surface area (Å²) >= 11 is 0. The van der Waals surface area contributed by atoms with Gasteiger partial charge < -0.3 is 4.43 Å². The third-order valence-electron chi connectivity index (χ3n) is 2.49. The van der Waals surface area contributed by atoms with E-state index >= 15 is 0 Å². The van der Waals surface area contributed by atoms with Gasteiger partial charge in [-0.05, 0) is 45.8 Å². The quantitative estimate of drug-likeness (QED) is 0.291. The second-order valence-corrected chi connectivity index (χ2v) is 9.98. The molecule has 0 spiro atoms. The first-order valence-electron chi connectivity index (χ1n) is 6.98. The average Bonchev–Trinajstić information content (AvgIpc) is 2.24. The minimum absolute atomic E-state index is 0.969. The van der Waals surface area contributed by atoms with E-state index in [1.165, 1.54) is 38.5 Å². The van der Waals surface area contributed by atoms with E-state index in [-0.39, 0.29) is 0 Å². The highest BCUT2D eigenvalue weighted by Gasteiger charge is 2.12. The molecule has 1 nitrogen and oxygen atoms in total. The van der Waals surface area contributed by atoms with Crippen molar-refractivity contribution in [1.29, 1.82) is 0 Å². The Kier molecular flexibility index (Phi) is 10.6. The molecule has 0 aromatic rings. The minimum Gasteiger partial charge on any atom is -0.418 e. The standard InChI is InChI=1S/C15H30OSi/c1-5-6-7-8-9-10-11-12-13-14-15-16-17(2,3)4/h5-8H,9-15H2,1-4H3/b6-5+,8-7+. The highest BCUT2D eigenvalue weighted by molar-refractivity contribution is 6.69. The van der Waals surface area contributed by atoms with Gasteiger partial charge in [-0.1, -0.05) is 43.6 Å². The molecule has 0 saturated heterocycles. The van der Waals surface area contributed by atoms with Crippen molar-refractivity contribution < 1.29 is 4.43 Å². The van der Waals surface area contributed by atoms with E-state index in [9.17, 15) is 0 Å². The molecule has 0 N–H and O–H groups in total. The van der Waals surface area contributed by atoms with Crippen LogP contribution in [0.25, 0.3) is 0 Å². The van der Waals surface area contributed by atoms with E-state index in [0.717, 1.165) is 6.61 Å². The van der Waals surface area contributed by atoms with E-state index in [4.69, 9.17) is 4.43 Å². The third-order valence-corrected chi connectivity index (χ3v) is 3.56. The van der Waals surface area contributed by atoms with Crippen molar-refractivity contribution in [3.8, 4) is 0 Å². The van der Waals surface area contributed by atoms with Crippen molar-refractivity contribution in [2.75, 3.05) is 6.61 Å². The molecule has 2 heteroatoms. The third kappa shape index (κ3) is 15.7. The van der Waals surface area contributed by atoms with Crippen LogP contribution in [0.4, 0.5) is 0 Å². The first-order chi connectivity index (χ1) is 8.06. The van der Waals surface area contributed by atoms with Crippen molar-refractivity contribution in [3.63, 3.8) is 0 Å². The number of unbranched alkanes of at least 4 members (excludes halogenated alkanes) is 5. The van der Waals surface area contributed by atoms with Crippen LogP contribution in [0.2, 0.25) is 19.6 Å². The van der Waals surface area contributed by atoms with Gasteiger partial charge in [0, 0.05) is 6.61 Å². The fourth-order valence-corrected chi connectivity index (χ4v) is 2.32. The molecule has 0 bridgehead atoms. The van der Waals surface area contributed by atoms with Gasteiger partial charge in [0.1, 0.15) is 0 Å². The first kappa shape index (κ1) is 16.7. The zero-order valence-corrected chi connectivity index (χ0v) is 13.2. The maximum absolute atomic E-state index is 5.82. The Morgan fingerprint density at radius 1 is 0.882 bits per heavy atom. The number of hydrogen-bond donors (Lipinski definition) is 0. The number of hydrogen-bond acceptors (Lipinski definition) is 1. The largest absolute Gasteiger partial charge is 0.418 e. The number of allylic oxidation sites excluding steroid dienone is 4. The summed E-state index contributed by atoms with van der Waals surface area (Å²) < 4.78 is 5.82. The Labute approximate surface area is 109 Å². The van der Waals surface area contributed by atoms with Crippen LogP contribution in [-0.2, 0) is 4.43 Å². The predicted octanol–water partition coefficient (Wildman–Crippen LogP) is 5.31. The maximum Gasteiger partial charge on any atom is 0.183 e. The minimum atomic E-state index is -1.27. The molecule has 0 heterocycles. The lowest BCUT2D eigenvalue weighted by Gasteiger charge is -2.16. The van der Waals surface area contributed by atoms with Crippen LogP contribution in [0.5, 0.6) is 0 Å². The molecule has 0 atom stereocenters. The van der Waals surface area contributed by atoms with Gasteiger partial charge >= 0.3 is 0 Å². The van der Waals surface area contributed by atoms with Crippen molar-refractivity contribution in [2.45, 2.75) is 65.1 Å². The zero-order valence-electron chi connectivity index (χ0n) is 12.2. The van der Waals surface area contributed by atoms with Crippen LogP contribution in [-0.4, -0.2) is 14.9 Å². The maximum atomic E-state index is 5.82. The molecule has 100 valence electrons. The summed E-state index contributed by atoms with van der Waals surface area (Å²) in [6, 6.07) is 0. The van der Waals surface area contributed by atoms with Gasteiger partial charge in [0.15, 0.2) is 8.32 Å². The highest BCUT2D eigenvalue weighted by atomic mass is 28.4. The molecule has 0 aromatic carbocycles. The monoisotopic (exact) mass is 254 g/mol. The van der Waals surface area contributed by atoms with Crippen molar-refractivity contribution in [1.82, 2.24) is 0 Å². The molecule has 0 aromatic heterocycles. The lowest BCUT2D eigenvalue weighted by Crippen LogP contribution is -2.25. The molecule has 0 saturated carbocycles. The molecule has 0 aliphatic heterocycles. The molecular weight excluding hydrogens is 224 g/mol. The Hall–Kier alpha value is -0.343. The highest BCUT2D eigenvalue weighted by Crippen LogP contribution is 2.08. The first-order valence-corrected chi connectivity index (χ1v) is 10.4. The van der Waals surface area contributed by atoms with Gasteiger partial charge in [0.05, 0.1) is 0 Å². The topological polar surface area (TPSA) is 9.23 Å². The lowest BCUT2D eigenvalue weighted by molar-refractivity contribution is 0.298. The van der Waals surface area contributed by atoms with Crippen LogP contribution in [0, 0.1) is 0 Å². The van der Waals surface area contributed by atoms with E-state index in [1.54, 1.807) is 0 Å². The van der Waals surface area contributed by atoms with Gasteiger partial charge in [-0.2, -0.15) is 0 Å². The molecule has 0 aliphatic rings. The predicted molar refractivity (Wildman–Crippen MR) is 81.0 cm³/mol. The summed E-state index contributed by atoms with van der Waals surface area (Å²) in [4.78, 5) is 0. The van der Waals surface area contributed by atoms with Crippen molar-refractivity contribution in [2.24, 2.45) is 0 Å². The fourth-order valence-electron chi connectivity index (χ4n) is 1.56. The van der Waals surface area contributed by atoms with E-state index in [1.807, 2.05) is 6.92 Å². The second-order valence-electron chi connectivity index (χ2n) is 5.47. The zero-order chi connectivity index (χ0) is 13.0. The summed E-state index contributed by atoms with van der Waals surface area (Å²) in [5.41, 5.74) is 0. The molecule has 0 radical (unpaired) electrons. The Morgan fingerprint density at radius 2 is 1.53 bits per heavy atom. The van der Waals surface area contributed by atoms with Gasteiger partial charge in [0.2, 0.25) is 0 Å².